The summed E-state index contributed by atoms with van der Waals surface area (Å²) in [6, 6.07) is 18.2. The highest BCUT2D eigenvalue weighted by Crippen LogP contribution is 2.24. The first-order valence-electron chi connectivity index (χ1n) is 8.10. The number of thioether (sulfide) groups is 1. The first-order valence-corrected chi connectivity index (χ1v) is 9.96. The molecule has 6 heteroatoms. The van der Waals surface area contributed by atoms with Gasteiger partial charge >= 0.3 is 0 Å². The molecule has 0 spiro atoms. The van der Waals surface area contributed by atoms with Gasteiger partial charge in [0.2, 0.25) is 0 Å². The number of thiophene rings is 1. The highest BCUT2D eigenvalue weighted by Gasteiger charge is 2.13. The van der Waals surface area contributed by atoms with Crippen molar-refractivity contribution in [3.63, 3.8) is 0 Å². The second-order valence-electron chi connectivity index (χ2n) is 5.80. The van der Waals surface area contributed by atoms with Crippen molar-refractivity contribution in [2.75, 3.05) is 0 Å². The largest absolute Gasteiger partial charge is 0.282 e. The Morgan fingerprint density at radius 3 is 2.69 bits per heavy atom. The fourth-order valence-corrected chi connectivity index (χ4v) is 4.35. The molecule has 2 heterocycles. The molecule has 3 nitrogen and oxygen atoms in total. The Morgan fingerprint density at radius 2 is 1.92 bits per heavy atom. The SMILES string of the molecule is O=c1c2cc(F)ccc2nc(SCc2ccccc2)n1Cc1cccs1. The van der Waals surface area contributed by atoms with E-state index < -0.39 is 5.82 Å². The highest BCUT2D eigenvalue weighted by atomic mass is 32.2. The van der Waals surface area contributed by atoms with Crippen LogP contribution in [0.3, 0.4) is 0 Å². The van der Waals surface area contributed by atoms with Crippen LogP contribution in [-0.4, -0.2) is 9.55 Å². The van der Waals surface area contributed by atoms with Crippen LogP contribution in [0, 0.1) is 5.82 Å². The van der Waals surface area contributed by atoms with Crippen molar-refractivity contribution in [2.24, 2.45) is 0 Å². The quantitative estimate of drug-likeness (QED) is 0.362. The number of hydrogen-bond donors (Lipinski definition) is 0. The van der Waals surface area contributed by atoms with E-state index in [0.29, 0.717) is 28.4 Å². The molecular formula is C20H15FN2OS2. The van der Waals surface area contributed by atoms with Crippen LogP contribution in [0.2, 0.25) is 0 Å². The van der Waals surface area contributed by atoms with Crippen LogP contribution in [0.5, 0.6) is 0 Å². The van der Waals surface area contributed by atoms with E-state index in [2.05, 4.69) is 4.98 Å². The van der Waals surface area contributed by atoms with Crippen molar-refractivity contribution in [3.05, 3.63) is 92.7 Å². The number of benzene rings is 2. The summed E-state index contributed by atoms with van der Waals surface area (Å²) in [4.78, 5) is 18.7. The summed E-state index contributed by atoms with van der Waals surface area (Å²) in [6.45, 7) is 0.438. The minimum Gasteiger partial charge on any atom is -0.282 e. The van der Waals surface area contributed by atoms with Gasteiger partial charge in [-0.2, -0.15) is 0 Å². The summed E-state index contributed by atoms with van der Waals surface area (Å²) in [7, 11) is 0. The van der Waals surface area contributed by atoms with Crippen LogP contribution in [0.15, 0.2) is 76.0 Å². The van der Waals surface area contributed by atoms with Crippen LogP contribution < -0.4 is 5.56 Å². The summed E-state index contributed by atoms with van der Waals surface area (Å²) in [6.07, 6.45) is 0. The van der Waals surface area contributed by atoms with E-state index in [0.717, 1.165) is 10.4 Å². The Hall–Kier alpha value is -2.44. The van der Waals surface area contributed by atoms with Gasteiger partial charge < -0.3 is 0 Å². The van der Waals surface area contributed by atoms with Crippen LogP contribution in [0.4, 0.5) is 4.39 Å². The van der Waals surface area contributed by atoms with E-state index in [1.807, 2.05) is 47.8 Å². The van der Waals surface area contributed by atoms with Gasteiger partial charge in [0.15, 0.2) is 5.16 Å². The van der Waals surface area contributed by atoms with Crippen LogP contribution >= 0.6 is 23.1 Å². The number of halogens is 1. The monoisotopic (exact) mass is 382 g/mol. The second kappa shape index (κ2) is 7.43. The zero-order valence-corrected chi connectivity index (χ0v) is 15.4. The Balaban J connectivity index is 1.78. The van der Waals surface area contributed by atoms with E-state index in [1.54, 1.807) is 22.0 Å². The number of nitrogens with zero attached hydrogens (tertiary/aromatic N) is 2. The first kappa shape index (κ1) is 17.0. The lowest BCUT2D eigenvalue weighted by Crippen LogP contribution is -2.23. The van der Waals surface area contributed by atoms with Crippen molar-refractivity contribution in [1.29, 1.82) is 0 Å². The zero-order valence-electron chi connectivity index (χ0n) is 13.8. The molecule has 2 aromatic carbocycles. The van der Waals surface area contributed by atoms with E-state index >= 15 is 0 Å². The predicted octanol–water partition coefficient (Wildman–Crippen LogP) is 4.94. The third-order valence-electron chi connectivity index (χ3n) is 3.99. The molecule has 0 unspecified atom stereocenters. The maximum absolute atomic E-state index is 13.6. The van der Waals surface area contributed by atoms with Crippen LogP contribution in [0.25, 0.3) is 10.9 Å². The van der Waals surface area contributed by atoms with Crippen molar-refractivity contribution in [3.8, 4) is 0 Å². The summed E-state index contributed by atoms with van der Waals surface area (Å²) >= 11 is 3.11. The molecule has 0 bridgehead atoms. The molecule has 0 N–H and O–H groups in total. The predicted molar refractivity (Wildman–Crippen MR) is 105 cm³/mol. The Labute approximate surface area is 158 Å². The lowest BCUT2D eigenvalue weighted by atomic mass is 10.2. The number of hydrogen-bond acceptors (Lipinski definition) is 4. The summed E-state index contributed by atoms with van der Waals surface area (Å²) < 4.78 is 15.3. The number of fused-ring (bicyclic) bond motifs is 1. The second-order valence-corrected chi connectivity index (χ2v) is 7.78. The topological polar surface area (TPSA) is 34.9 Å². The standard InChI is InChI=1S/C20H15FN2OS2/c21-15-8-9-18-17(11-15)19(24)23(12-16-7-4-10-25-16)20(22-18)26-13-14-5-2-1-3-6-14/h1-11H,12-13H2. The minimum atomic E-state index is -0.427. The number of rotatable bonds is 5. The van der Waals surface area contributed by atoms with Crippen molar-refractivity contribution >= 4 is 34.0 Å². The first-order chi connectivity index (χ1) is 12.7. The van der Waals surface area contributed by atoms with Gasteiger partial charge in [0, 0.05) is 10.6 Å². The molecule has 0 aliphatic heterocycles. The molecule has 0 radical (unpaired) electrons. The molecule has 0 saturated heterocycles. The average Bonchev–Trinajstić information content (AvgIpc) is 3.17. The van der Waals surface area contributed by atoms with E-state index in [4.69, 9.17) is 0 Å². The van der Waals surface area contributed by atoms with E-state index in [-0.39, 0.29) is 5.56 Å². The Kier molecular flexibility index (Phi) is 4.86. The van der Waals surface area contributed by atoms with E-state index in [1.165, 1.54) is 23.9 Å². The molecule has 2 aromatic heterocycles. The molecule has 0 aliphatic rings. The lowest BCUT2D eigenvalue weighted by Gasteiger charge is -2.12. The molecule has 0 atom stereocenters. The zero-order chi connectivity index (χ0) is 17.9. The van der Waals surface area contributed by atoms with Gasteiger partial charge in [-0.15, -0.1) is 11.3 Å². The average molecular weight is 382 g/mol. The molecule has 0 fully saturated rings. The fraction of sp³-hybridized carbons (Fsp3) is 0.100. The highest BCUT2D eigenvalue weighted by molar-refractivity contribution is 7.98. The van der Waals surface area contributed by atoms with Gasteiger partial charge in [-0.1, -0.05) is 48.2 Å². The molecule has 130 valence electrons. The van der Waals surface area contributed by atoms with Crippen LogP contribution in [0.1, 0.15) is 10.4 Å². The molecule has 0 amide bonds. The molecule has 4 aromatic rings. The molecule has 0 aliphatic carbocycles. The van der Waals surface area contributed by atoms with Gasteiger partial charge in [-0.05, 0) is 35.2 Å². The molecule has 26 heavy (non-hydrogen) atoms. The van der Waals surface area contributed by atoms with Gasteiger partial charge in [0.1, 0.15) is 5.82 Å². The third-order valence-corrected chi connectivity index (χ3v) is 5.89. The Morgan fingerprint density at radius 1 is 1.08 bits per heavy atom. The fourth-order valence-electron chi connectivity index (χ4n) is 2.70. The normalized spacial score (nSPS) is 11.1. The smallest absolute Gasteiger partial charge is 0.262 e. The maximum atomic E-state index is 13.6. The number of aromatic nitrogens is 2. The minimum absolute atomic E-state index is 0.210. The summed E-state index contributed by atoms with van der Waals surface area (Å²) in [5.41, 5.74) is 1.47. The van der Waals surface area contributed by atoms with Gasteiger partial charge in [0.05, 0.1) is 17.4 Å². The van der Waals surface area contributed by atoms with Gasteiger partial charge in [-0.25, -0.2) is 9.37 Å². The summed E-state index contributed by atoms with van der Waals surface area (Å²) in [5.74, 6) is 0.286. The van der Waals surface area contributed by atoms with Gasteiger partial charge in [-0.3, -0.25) is 9.36 Å². The van der Waals surface area contributed by atoms with Crippen molar-refractivity contribution < 1.29 is 4.39 Å². The molecule has 0 saturated carbocycles. The van der Waals surface area contributed by atoms with Crippen LogP contribution in [-0.2, 0) is 12.3 Å². The van der Waals surface area contributed by atoms with Crippen molar-refractivity contribution in [2.45, 2.75) is 17.5 Å². The summed E-state index contributed by atoms with van der Waals surface area (Å²) in [5, 5.41) is 2.93. The maximum Gasteiger partial charge on any atom is 0.262 e. The van der Waals surface area contributed by atoms with Gasteiger partial charge in [0.25, 0.3) is 5.56 Å². The van der Waals surface area contributed by atoms with E-state index in [9.17, 15) is 9.18 Å². The van der Waals surface area contributed by atoms with Crippen molar-refractivity contribution in [1.82, 2.24) is 9.55 Å². The molecular weight excluding hydrogens is 367 g/mol. The molecule has 4 rings (SSSR count). The lowest BCUT2D eigenvalue weighted by molar-refractivity contribution is 0.626. The third kappa shape index (κ3) is 3.57. The Bertz CT molecular complexity index is 1090.